The number of hydrogen-bond donors (Lipinski definition) is 1. The normalized spacial score (nSPS) is 36.2. The second kappa shape index (κ2) is 3.76. The number of rotatable bonds is 0. The van der Waals surface area contributed by atoms with Crippen LogP contribution in [-0.2, 0) is 9.53 Å². The molecule has 1 atom stereocenters. The Bertz CT molecular complexity index is 195. The number of piperidine rings is 1. The fraction of sp³-hybridized carbons (Fsp3) is 0.900. The molecule has 0 aliphatic carbocycles. The van der Waals surface area contributed by atoms with Gasteiger partial charge >= 0.3 is 0 Å². The molecule has 2 heterocycles. The predicted molar refractivity (Wildman–Crippen MR) is 49.6 cm³/mol. The molecular weight excluding hydrogens is 166 g/mol. The molecule has 2 aliphatic heterocycles. The fourth-order valence-electron chi connectivity index (χ4n) is 2.36. The van der Waals surface area contributed by atoms with E-state index in [2.05, 4.69) is 5.32 Å². The molecule has 0 aromatic carbocycles. The van der Waals surface area contributed by atoms with E-state index in [-0.39, 0.29) is 5.41 Å². The first kappa shape index (κ1) is 9.16. The molecule has 0 radical (unpaired) electrons. The highest BCUT2D eigenvalue weighted by Crippen LogP contribution is 2.33. The molecule has 3 heteroatoms. The molecule has 2 saturated heterocycles. The molecule has 2 rings (SSSR count). The van der Waals surface area contributed by atoms with Gasteiger partial charge in [-0.1, -0.05) is 0 Å². The van der Waals surface area contributed by atoms with Crippen LogP contribution in [-0.4, -0.2) is 32.1 Å². The summed E-state index contributed by atoms with van der Waals surface area (Å²) in [6.45, 7) is 3.32. The van der Waals surface area contributed by atoms with Gasteiger partial charge in [-0.3, -0.25) is 4.79 Å². The third kappa shape index (κ3) is 1.76. The molecule has 74 valence electrons. The Labute approximate surface area is 78.8 Å². The molecule has 13 heavy (non-hydrogen) atoms. The van der Waals surface area contributed by atoms with Crippen molar-refractivity contribution < 1.29 is 9.53 Å². The first-order valence-corrected chi connectivity index (χ1v) is 5.15. The second-order valence-electron chi connectivity index (χ2n) is 4.10. The zero-order valence-corrected chi connectivity index (χ0v) is 7.97. The van der Waals surface area contributed by atoms with Gasteiger partial charge in [0.1, 0.15) is 5.78 Å². The lowest BCUT2D eigenvalue weighted by Crippen LogP contribution is -2.47. The molecule has 1 unspecified atom stereocenters. The molecule has 3 nitrogen and oxygen atoms in total. The van der Waals surface area contributed by atoms with E-state index in [1.807, 2.05) is 0 Å². The highest BCUT2D eigenvalue weighted by Gasteiger charge is 2.39. The summed E-state index contributed by atoms with van der Waals surface area (Å²) in [5.74, 6) is 0.455. The second-order valence-corrected chi connectivity index (χ2v) is 4.10. The molecule has 2 fully saturated rings. The maximum atomic E-state index is 11.8. The fourth-order valence-corrected chi connectivity index (χ4v) is 2.36. The van der Waals surface area contributed by atoms with Crippen molar-refractivity contribution in [1.29, 1.82) is 0 Å². The van der Waals surface area contributed by atoms with Gasteiger partial charge in [-0.15, -0.1) is 0 Å². The number of ketones is 1. The van der Waals surface area contributed by atoms with Crippen LogP contribution >= 0.6 is 0 Å². The monoisotopic (exact) mass is 183 g/mol. The summed E-state index contributed by atoms with van der Waals surface area (Å²) in [5.41, 5.74) is -0.0747. The van der Waals surface area contributed by atoms with Crippen LogP contribution < -0.4 is 5.32 Å². The number of carbonyl (C=O) groups is 1. The lowest BCUT2D eigenvalue weighted by Gasteiger charge is -2.34. The summed E-state index contributed by atoms with van der Waals surface area (Å²) in [7, 11) is 0. The SMILES string of the molecule is O=C1CCNCC12CCCOCC2. The van der Waals surface area contributed by atoms with Crippen LogP contribution in [0.3, 0.4) is 0 Å². The van der Waals surface area contributed by atoms with Gasteiger partial charge in [0, 0.05) is 38.1 Å². The van der Waals surface area contributed by atoms with Crippen molar-refractivity contribution in [2.24, 2.45) is 5.41 Å². The smallest absolute Gasteiger partial charge is 0.141 e. The Balaban J connectivity index is 2.09. The Hall–Kier alpha value is -0.410. The minimum atomic E-state index is -0.0747. The van der Waals surface area contributed by atoms with Crippen molar-refractivity contribution in [2.75, 3.05) is 26.3 Å². The molecule has 1 N–H and O–H groups in total. The molecule has 0 aromatic heterocycles. The van der Waals surface area contributed by atoms with E-state index in [0.29, 0.717) is 12.2 Å². The van der Waals surface area contributed by atoms with Crippen molar-refractivity contribution in [3.63, 3.8) is 0 Å². The Kier molecular flexibility index (Phi) is 2.65. The summed E-state index contributed by atoms with van der Waals surface area (Å²) >= 11 is 0. The van der Waals surface area contributed by atoms with Crippen LogP contribution in [0.5, 0.6) is 0 Å². The van der Waals surface area contributed by atoms with Gasteiger partial charge < -0.3 is 10.1 Å². The summed E-state index contributed by atoms with van der Waals surface area (Å²) in [6.07, 6.45) is 3.67. The Morgan fingerprint density at radius 1 is 1.31 bits per heavy atom. The average Bonchev–Trinajstić information content (AvgIpc) is 2.37. The highest BCUT2D eigenvalue weighted by atomic mass is 16.5. The summed E-state index contributed by atoms with van der Waals surface area (Å²) in [5, 5.41) is 3.33. The van der Waals surface area contributed by atoms with E-state index >= 15 is 0 Å². The van der Waals surface area contributed by atoms with E-state index in [1.165, 1.54) is 0 Å². The molecule has 0 aromatic rings. The molecule has 0 amide bonds. The molecule has 2 aliphatic rings. The Morgan fingerprint density at radius 3 is 3.08 bits per heavy atom. The van der Waals surface area contributed by atoms with Gasteiger partial charge in [0.05, 0.1) is 0 Å². The number of nitrogens with one attached hydrogen (secondary N) is 1. The maximum Gasteiger partial charge on any atom is 0.141 e. The summed E-state index contributed by atoms with van der Waals surface area (Å²) in [4.78, 5) is 11.8. The third-order valence-corrected chi connectivity index (χ3v) is 3.25. The lowest BCUT2D eigenvalue weighted by molar-refractivity contribution is -0.131. The van der Waals surface area contributed by atoms with Crippen LogP contribution in [0.1, 0.15) is 25.7 Å². The zero-order valence-electron chi connectivity index (χ0n) is 7.97. The quantitative estimate of drug-likeness (QED) is 0.602. The van der Waals surface area contributed by atoms with Crippen molar-refractivity contribution in [1.82, 2.24) is 5.32 Å². The van der Waals surface area contributed by atoms with Gasteiger partial charge in [0.2, 0.25) is 0 Å². The van der Waals surface area contributed by atoms with Gasteiger partial charge in [0.15, 0.2) is 0 Å². The van der Waals surface area contributed by atoms with Crippen LogP contribution in [0.2, 0.25) is 0 Å². The molecule has 1 spiro atoms. The first-order valence-electron chi connectivity index (χ1n) is 5.15. The van der Waals surface area contributed by atoms with Crippen LogP contribution in [0.25, 0.3) is 0 Å². The van der Waals surface area contributed by atoms with Gasteiger partial charge in [-0.2, -0.15) is 0 Å². The van der Waals surface area contributed by atoms with Crippen molar-refractivity contribution >= 4 is 5.78 Å². The summed E-state index contributed by atoms with van der Waals surface area (Å²) < 4.78 is 5.39. The summed E-state index contributed by atoms with van der Waals surface area (Å²) in [6, 6.07) is 0. The number of hydrogen-bond acceptors (Lipinski definition) is 3. The van der Waals surface area contributed by atoms with E-state index in [4.69, 9.17) is 4.74 Å². The minimum absolute atomic E-state index is 0.0747. The van der Waals surface area contributed by atoms with Crippen LogP contribution in [0.15, 0.2) is 0 Å². The number of carbonyl (C=O) groups excluding carboxylic acids is 1. The number of ether oxygens (including phenoxy) is 1. The number of Topliss-reactive ketones (excluding diaryl/α,β-unsaturated/α-hetero) is 1. The highest BCUT2D eigenvalue weighted by molar-refractivity contribution is 5.86. The largest absolute Gasteiger partial charge is 0.381 e. The lowest BCUT2D eigenvalue weighted by atomic mass is 9.74. The average molecular weight is 183 g/mol. The first-order chi connectivity index (χ1) is 6.33. The minimum Gasteiger partial charge on any atom is -0.381 e. The van der Waals surface area contributed by atoms with Crippen molar-refractivity contribution in [3.05, 3.63) is 0 Å². The van der Waals surface area contributed by atoms with E-state index in [9.17, 15) is 4.79 Å². The van der Waals surface area contributed by atoms with Crippen LogP contribution in [0, 0.1) is 5.41 Å². The van der Waals surface area contributed by atoms with E-state index in [1.54, 1.807) is 0 Å². The molecule has 0 bridgehead atoms. The molecule has 0 saturated carbocycles. The standard InChI is InChI=1S/C10H17NO2/c12-9-2-5-11-8-10(9)3-1-6-13-7-4-10/h11H,1-8H2. The van der Waals surface area contributed by atoms with E-state index in [0.717, 1.165) is 45.6 Å². The topological polar surface area (TPSA) is 38.3 Å². The molecular formula is C10H17NO2. The van der Waals surface area contributed by atoms with Crippen LogP contribution in [0.4, 0.5) is 0 Å². The Morgan fingerprint density at radius 2 is 2.23 bits per heavy atom. The van der Waals surface area contributed by atoms with Crippen molar-refractivity contribution in [2.45, 2.75) is 25.7 Å². The van der Waals surface area contributed by atoms with Crippen molar-refractivity contribution in [3.8, 4) is 0 Å². The van der Waals surface area contributed by atoms with Gasteiger partial charge in [0.25, 0.3) is 0 Å². The zero-order chi connectivity index (χ0) is 9.15. The van der Waals surface area contributed by atoms with Gasteiger partial charge in [-0.25, -0.2) is 0 Å². The maximum absolute atomic E-state index is 11.8. The third-order valence-electron chi connectivity index (χ3n) is 3.25. The van der Waals surface area contributed by atoms with E-state index < -0.39 is 0 Å². The van der Waals surface area contributed by atoms with Gasteiger partial charge in [-0.05, 0) is 19.3 Å². The predicted octanol–water partition coefficient (Wildman–Crippen LogP) is 0.736.